The topological polar surface area (TPSA) is 64.4 Å². The average molecular weight is 362 g/mol. The third-order valence-corrected chi connectivity index (χ3v) is 5.24. The molecule has 0 amide bonds. The van der Waals surface area contributed by atoms with Crippen LogP contribution in [0.1, 0.15) is 30.6 Å². The molecule has 25 heavy (non-hydrogen) atoms. The fraction of sp³-hybridized carbons (Fsp3) is 0.389. The molecule has 0 spiro atoms. The highest BCUT2D eigenvalue weighted by molar-refractivity contribution is 6.33. The molecule has 7 heteroatoms. The van der Waals surface area contributed by atoms with Gasteiger partial charge in [0.05, 0.1) is 30.2 Å². The Labute approximate surface area is 151 Å². The van der Waals surface area contributed by atoms with Gasteiger partial charge in [-0.05, 0) is 31.4 Å². The second-order valence-corrected chi connectivity index (χ2v) is 6.65. The fourth-order valence-corrected chi connectivity index (χ4v) is 3.41. The third kappa shape index (κ3) is 3.02. The minimum absolute atomic E-state index is 0.107. The number of hydrogen-bond donors (Lipinski definition) is 0. The minimum Gasteiger partial charge on any atom is -0.465 e. The van der Waals surface area contributed by atoms with Gasteiger partial charge in [0.2, 0.25) is 0 Å². The lowest BCUT2D eigenvalue weighted by Gasteiger charge is -2.26. The van der Waals surface area contributed by atoms with Crippen molar-refractivity contribution >= 4 is 23.3 Å². The Kier molecular flexibility index (Phi) is 4.81. The van der Waals surface area contributed by atoms with Gasteiger partial charge >= 0.3 is 5.97 Å². The van der Waals surface area contributed by atoms with Gasteiger partial charge in [-0.15, -0.1) is 0 Å². The van der Waals surface area contributed by atoms with E-state index in [0.29, 0.717) is 17.3 Å². The standard InChI is InChI=1S/C18H20ClN3O3/c1-11-8-9-21(12(11)2)15-10-20-22(17(23)16(15)19)14-7-5-4-6-13(14)18(24)25-3/h4-7,10-12H,8-9H2,1-3H3. The molecule has 0 radical (unpaired) electrons. The van der Waals surface area contributed by atoms with Crippen molar-refractivity contribution in [1.82, 2.24) is 9.78 Å². The fourth-order valence-electron chi connectivity index (χ4n) is 3.17. The third-order valence-electron chi connectivity index (χ3n) is 4.89. The molecule has 1 saturated heterocycles. The van der Waals surface area contributed by atoms with Gasteiger partial charge in [0, 0.05) is 12.6 Å². The van der Waals surface area contributed by atoms with E-state index in [1.807, 2.05) is 0 Å². The SMILES string of the molecule is COC(=O)c1ccccc1-n1ncc(N2CCC(C)C2C)c(Cl)c1=O. The predicted molar refractivity (Wildman–Crippen MR) is 96.8 cm³/mol. The van der Waals surface area contributed by atoms with Crippen LogP contribution < -0.4 is 10.5 Å². The van der Waals surface area contributed by atoms with Crippen LogP contribution in [-0.2, 0) is 4.74 Å². The maximum atomic E-state index is 12.8. The van der Waals surface area contributed by atoms with Gasteiger partial charge in [0.1, 0.15) is 5.02 Å². The van der Waals surface area contributed by atoms with Crippen molar-refractivity contribution in [3.63, 3.8) is 0 Å². The molecule has 2 unspecified atom stereocenters. The zero-order valence-electron chi connectivity index (χ0n) is 14.4. The maximum Gasteiger partial charge on any atom is 0.340 e. The van der Waals surface area contributed by atoms with Gasteiger partial charge in [0.25, 0.3) is 5.56 Å². The number of nitrogens with zero attached hydrogens (tertiary/aromatic N) is 3. The van der Waals surface area contributed by atoms with Gasteiger partial charge in [-0.1, -0.05) is 30.7 Å². The van der Waals surface area contributed by atoms with Gasteiger partial charge < -0.3 is 9.64 Å². The summed E-state index contributed by atoms with van der Waals surface area (Å²) >= 11 is 6.38. The Bertz CT molecular complexity index is 865. The quantitative estimate of drug-likeness (QED) is 0.786. The highest BCUT2D eigenvalue weighted by Crippen LogP contribution is 2.32. The van der Waals surface area contributed by atoms with Crippen molar-refractivity contribution in [1.29, 1.82) is 0 Å². The molecular formula is C18H20ClN3O3. The summed E-state index contributed by atoms with van der Waals surface area (Å²) in [6.07, 6.45) is 2.64. The summed E-state index contributed by atoms with van der Waals surface area (Å²) in [5.74, 6) is -0.00922. The molecule has 132 valence electrons. The highest BCUT2D eigenvalue weighted by Gasteiger charge is 2.30. The number of ether oxygens (including phenoxy) is 1. The average Bonchev–Trinajstić information content (AvgIpc) is 2.96. The van der Waals surface area contributed by atoms with Crippen LogP contribution in [0.3, 0.4) is 0 Å². The molecule has 1 aliphatic heterocycles. The number of rotatable bonds is 3. The van der Waals surface area contributed by atoms with Gasteiger partial charge in [-0.25, -0.2) is 4.79 Å². The lowest BCUT2D eigenvalue weighted by atomic mass is 10.1. The second kappa shape index (κ2) is 6.88. The van der Waals surface area contributed by atoms with Crippen molar-refractivity contribution in [3.05, 3.63) is 51.4 Å². The van der Waals surface area contributed by atoms with E-state index in [-0.39, 0.29) is 16.6 Å². The van der Waals surface area contributed by atoms with Crippen LogP contribution in [-0.4, -0.2) is 35.4 Å². The smallest absolute Gasteiger partial charge is 0.340 e. The molecule has 0 saturated carbocycles. The molecule has 1 aromatic carbocycles. The van der Waals surface area contributed by atoms with Crippen LogP contribution in [0.15, 0.2) is 35.3 Å². The molecule has 2 heterocycles. The van der Waals surface area contributed by atoms with E-state index < -0.39 is 11.5 Å². The molecule has 0 aliphatic carbocycles. The molecule has 1 fully saturated rings. The van der Waals surface area contributed by atoms with Crippen molar-refractivity contribution < 1.29 is 9.53 Å². The molecule has 0 N–H and O–H groups in total. The number of carbonyl (C=O) groups excluding carboxylic acids is 1. The maximum absolute atomic E-state index is 12.8. The molecular weight excluding hydrogens is 342 g/mol. The molecule has 2 atom stereocenters. The first-order valence-corrected chi connectivity index (χ1v) is 8.55. The predicted octanol–water partition coefficient (Wildman–Crippen LogP) is 2.91. The van der Waals surface area contributed by atoms with E-state index >= 15 is 0 Å². The molecule has 1 aliphatic rings. The lowest BCUT2D eigenvalue weighted by molar-refractivity contribution is 0.0600. The zero-order chi connectivity index (χ0) is 18.1. The van der Waals surface area contributed by atoms with E-state index in [0.717, 1.165) is 17.6 Å². The number of esters is 1. The number of methoxy groups -OCH3 is 1. The lowest BCUT2D eigenvalue weighted by Crippen LogP contribution is -2.32. The first-order valence-electron chi connectivity index (χ1n) is 8.18. The van der Waals surface area contributed by atoms with Crippen LogP contribution in [0.25, 0.3) is 5.69 Å². The molecule has 6 nitrogen and oxygen atoms in total. The molecule has 3 rings (SSSR count). The summed E-state index contributed by atoms with van der Waals surface area (Å²) in [5, 5.41) is 4.37. The zero-order valence-corrected chi connectivity index (χ0v) is 15.2. The molecule has 2 aromatic rings. The normalized spacial score (nSPS) is 19.9. The summed E-state index contributed by atoms with van der Waals surface area (Å²) in [6, 6.07) is 6.93. The summed E-state index contributed by atoms with van der Waals surface area (Å²) in [4.78, 5) is 26.8. The van der Waals surface area contributed by atoms with E-state index in [4.69, 9.17) is 16.3 Å². The van der Waals surface area contributed by atoms with Crippen molar-refractivity contribution in [2.45, 2.75) is 26.3 Å². The van der Waals surface area contributed by atoms with Crippen molar-refractivity contribution in [2.75, 3.05) is 18.6 Å². The van der Waals surface area contributed by atoms with Crippen LogP contribution >= 0.6 is 11.6 Å². The largest absolute Gasteiger partial charge is 0.465 e. The number of anilines is 1. The Morgan fingerprint density at radius 2 is 2.00 bits per heavy atom. The van der Waals surface area contributed by atoms with Crippen LogP contribution in [0.5, 0.6) is 0 Å². The first kappa shape index (κ1) is 17.5. The number of hydrogen-bond acceptors (Lipinski definition) is 5. The monoisotopic (exact) mass is 361 g/mol. The Balaban J connectivity index is 2.09. The van der Waals surface area contributed by atoms with Gasteiger partial charge in [0.15, 0.2) is 0 Å². The second-order valence-electron chi connectivity index (χ2n) is 6.27. The summed E-state index contributed by atoms with van der Waals surface area (Å²) in [5.41, 5.74) is 0.778. The number of halogens is 1. The van der Waals surface area contributed by atoms with E-state index in [1.165, 1.54) is 7.11 Å². The number of aromatic nitrogens is 2. The van der Waals surface area contributed by atoms with Crippen LogP contribution in [0.4, 0.5) is 5.69 Å². The number of benzene rings is 1. The molecule has 0 bridgehead atoms. The van der Waals surface area contributed by atoms with E-state index in [1.54, 1.807) is 30.5 Å². The number of para-hydroxylation sites is 1. The number of carbonyl (C=O) groups is 1. The molecule has 1 aromatic heterocycles. The Hall–Kier alpha value is -2.34. The van der Waals surface area contributed by atoms with E-state index in [9.17, 15) is 9.59 Å². The van der Waals surface area contributed by atoms with Crippen molar-refractivity contribution in [2.24, 2.45) is 5.92 Å². The summed E-state index contributed by atoms with van der Waals surface area (Å²) in [7, 11) is 1.29. The summed E-state index contributed by atoms with van der Waals surface area (Å²) < 4.78 is 5.92. The van der Waals surface area contributed by atoms with E-state index in [2.05, 4.69) is 23.8 Å². The van der Waals surface area contributed by atoms with Crippen LogP contribution in [0.2, 0.25) is 5.02 Å². The summed E-state index contributed by atoms with van der Waals surface area (Å²) in [6.45, 7) is 5.14. The Morgan fingerprint density at radius 1 is 1.28 bits per heavy atom. The van der Waals surface area contributed by atoms with Gasteiger partial charge in [-0.3, -0.25) is 4.79 Å². The minimum atomic E-state index is -0.536. The van der Waals surface area contributed by atoms with Gasteiger partial charge in [-0.2, -0.15) is 9.78 Å². The highest BCUT2D eigenvalue weighted by atomic mass is 35.5. The van der Waals surface area contributed by atoms with Crippen LogP contribution in [0, 0.1) is 5.92 Å². The van der Waals surface area contributed by atoms with Crippen molar-refractivity contribution in [3.8, 4) is 5.69 Å². The first-order chi connectivity index (χ1) is 12.0. The Morgan fingerprint density at radius 3 is 2.64 bits per heavy atom.